The Morgan fingerprint density at radius 3 is 2.50 bits per heavy atom. The van der Waals surface area contributed by atoms with E-state index in [1.807, 2.05) is 39.0 Å². The quantitative estimate of drug-likeness (QED) is 0.825. The number of benzene rings is 1. The predicted octanol–water partition coefficient (Wildman–Crippen LogP) is 4.28. The summed E-state index contributed by atoms with van der Waals surface area (Å²) in [7, 11) is 0. The molecule has 0 fully saturated rings. The highest BCUT2D eigenvalue weighted by Crippen LogP contribution is 2.36. The fraction of sp³-hybridized carbons (Fsp3) is 0.474. The van der Waals surface area contributed by atoms with Crippen molar-refractivity contribution in [1.29, 1.82) is 0 Å². The van der Waals surface area contributed by atoms with Gasteiger partial charge in [0.2, 0.25) is 0 Å². The van der Waals surface area contributed by atoms with Gasteiger partial charge in [-0.3, -0.25) is 9.79 Å². The summed E-state index contributed by atoms with van der Waals surface area (Å²) in [5.41, 5.74) is 2.29. The number of carbonyl (C=O) groups is 1. The van der Waals surface area contributed by atoms with Crippen LogP contribution in [0.4, 0.5) is 0 Å². The van der Waals surface area contributed by atoms with Crippen molar-refractivity contribution in [2.45, 2.75) is 46.5 Å². The van der Waals surface area contributed by atoms with Crippen LogP contribution in [0.3, 0.4) is 0 Å². The lowest BCUT2D eigenvalue weighted by molar-refractivity contribution is -0.117. The van der Waals surface area contributed by atoms with E-state index < -0.39 is 0 Å². The van der Waals surface area contributed by atoms with Crippen molar-refractivity contribution < 1.29 is 9.90 Å². The SMILES string of the molecule is CCC(=NCCc1ccccc1)C1=C(O)CC(C)(C)CC1=O. The molecule has 0 saturated heterocycles. The molecule has 1 aromatic rings. The second-order valence-electron chi connectivity index (χ2n) is 6.68. The third-order valence-corrected chi connectivity index (χ3v) is 4.02. The van der Waals surface area contributed by atoms with Crippen LogP contribution in [0.15, 0.2) is 46.7 Å². The number of Topliss-reactive ketones (excluding diaryl/α,β-unsaturated/α-hetero) is 1. The summed E-state index contributed by atoms with van der Waals surface area (Å²) in [6.07, 6.45) is 2.54. The third kappa shape index (κ3) is 4.06. The van der Waals surface area contributed by atoms with Gasteiger partial charge in [0.1, 0.15) is 5.76 Å². The Balaban J connectivity index is 2.13. The summed E-state index contributed by atoms with van der Waals surface area (Å²) >= 11 is 0. The van der Waals surface area contributed by atoms with E-state index in [1.165, 1.54) is 5.56 Å². The van der Waals surface area contributed by atoms with Gasteiger partial charge < -0.3 is 5.11 Å². The van der Waals surface area contributed by atoms with Gasteiger partial charge in [0.05, 0.1) is 5.57 Å². The van der Waals surface area contributed by atoms with Crippen LogP contribution in [0.25, 0.3) is 0 Å². The normalized spacial score (nSPS) is 18.7. The van der Waals surface area contributed by atoms with E-state index in [1.54, 1.807) is 0 Å². The fourth-order valence-corrected chi connectivity index (χ4v) is 2.95. The van der Waals surface area contributed by atoms with Gasteiger partial charge in [0, 0.05) is 25.1 Å². The van der Waals surface area contributed by atoms with Crippen molar-refractivity contribution in [2.75, 3.05) is 6.54 Å². The molecular weight excluding hydrogens is 274 g/mol. The first-order valence-electron chi connectivity index (χ1n) is 7.96. The Kier molecular flexibility index (Phi) is 5.17. The minimum atomic E-state index is -0.159. The number of rotatable bonds is 5. The number of nitrogens with zero attached hydrogens (tertiary/aromatic N) is 1. The maximum absolute atomic E-state index is 12.4. The first kappa shape index (κ1) is 16.5. The van der Waals surface area contributed by atoms with E-state index in [-0.39, 0.29) is 17.0 Å². The fourth-order valence-electron chi connectivity index (χ4n) is 2.95. The standard InChI is InChI=1S/C19H25NO2/c1-4-15(20-11-10-14-8-6-5-7-9-14)18-16(21)12-19(2,3)13-17(18)22/h5-9,21H,4,10-13H2,1-3H3. The molecule has 0 unspecified atom stereocenters. The number of carbonyl (C=O) groups excluding carboxylic acids is 1. The van der Waals surface area contributed by atoms with E-state index in [0.29, 0.717) is 31.4 Å². The van der Waals surface area contributed by atoms with Gasteiger partial charge in [-0.25, -0.2) is 0 Å². The molecule has 0 aliphatic heterocycles. The number of aliphatic hydroxyl groups excluding tert-OH is 1. The van der Waals surface area contributed by atoms with E-state index in [4.69, 9.17) is 0 Å². The van der Waals surface area contributed by atoms with Crippen molar-refractivity contribution in [1.82, 2.24) is 0 Å². The highest BCUT2D eigenvalue weighted by atomic mass is 16.3. The maximum Gasteiger partial charge on any atom is 0.168 e. The van der Waals surface area contributed by atoms with Gasteiger partial charge in [0.25, 0.3) is 0 Å². The lowest BCUT2D eigenvalue weighted by Crippen LogP contribution is -2.29. The summed E-state index contributed by atoms with van der Waals surface area (Å²) in [6.45, 7) is 6.64. The van der Waals surface area contributed by atoms with Crippen molar-refractivity contribution in [3.05, 3.63) is 47.2 Å². The van der Waals surface area contributed by atoms with Gasteiger partial charge in [-0.1, -0.05) is 51.1 Å². The van der Waals surface area contributed by atoms with Crippen molar-refractivity contribution in [2.24, 2.45) is 10.4 Å². The zero-order valence-corrected chi connectivity index (χ0v) is 13.7. The van der Waals surface area contributed by atoms with Crippen molar-refractivity contribution >= 4 is 11.5 Å². The molecule has 1 aliphatic carbocycles. The Labute approximate surface area is 132 Å². The number of hydrogen-bond acceptors (Lipinski definition) is 3. The number of ketones is 1. The minimum absolute atomic E-state index is 0.0223. The largest absolute Gasteiger partial charge is 0.511 e. The van der Waals surface area contributed by atoms with Crippen LogP contribution in [0.5, 0.6) is 0 Å². The zero-order valence-electron chi connectivity index (χ0n) is 13.7. The molecule has 0 amide bonds. The minimum Gasteiger partial charge on any atom is -0.511 e. The molecule has 0 spiro atoms. The van der Waals surface area contributed by atoms with E-state index >= 15 is 0 Å². The molecule has 0 aromatic heterocycles. The highest BCUT2D eigenvalue weighted by Gasteiger charge is 2.34. The van der Waals surface area contributed by atoms with Crippen molar-refractivity contribution in [3.63, 3.8) is 0 Å². The van der Waals surface area contributed by atoms with Crippen LogP contribution in [-0.4, -0.2) is 23.1 Å². The molecule has 22 heavy (non-hydrogen) atoms. The summed E-state index contributed by atoms with van der Waals surface area (Å²) in [5.74, 6) is 0.232. The highest BCUT2D eigenvalue weighted by molar-refractivity contribution is 6.23. The second-order valence-corrected chi connectivity index (χ2v) is 6.68. The molecule has 3 heteroatoms. The Bertz CT molecular complexity index is 597. The predicted molar refractivity (Wildman–Crippen MR) is 90.4 cm³/mol. The Morgan fingerprint density at radius 2 is 1.91 bits per heavy atom. The van der Waals surface area contributed by atoms with Crippen LogP contribution in [-0.2, 0) is 11.2 Å². The smallest absolute Gasteiger partial charge is 0.168 e. The summed E-state index contributed by atoms with van der Waals surface area (Å²) in [6, 6.07) is 10.2. The Hall–Kier alpha value is -1.90. The van der Waals surface area contributed by atoms with Crippen LogP contribution in [0, 0.1) is 5.41 Å². The molecule has 2 rings (SSSR count). The average molecular weight is 299 g/mol. The van der Waals surface area contributed by atoms with E-state index in [0.717, 1.165) is 12.1 Å². The summed E-state index contributed by atoms with van der Waals surface area (Å²) < 4.78 is 0. The van der Waals surface area contributed by atoms with Gasteiger partial charge in [-0.2, -0.15) is 0 Å². The topological polar surface area (TPSA) is 49.7 Å². The van der Waals surface area contributed by atoms with Gasteiger partial charge in [-0.05, 0) is 23.8 Å². The molecule has 0 heterocycles. The maximum atomic E-state index is 12.4. The summed E-state index contributed by atoms with van der Waals surface area (Å²) in [4.78, 5) is 16.9. The van der Waals surface area contributed by atoms with Crippen LogP contribution < -0.4 is 0 Å². The monoisotopic (exact) mass is 299 g/mol. The molecular formula is C19H25NO2. The summed E-state index contributed by atoms with van der Waals surface area (Å²) in [5, 5.41) is 10.3. The third-order valence-electron chi connectivity index (χ3n) is 4.02. The van der Waals surface area contributed by atoms with Gasteiger partial charge in [-0.15, -0.1) is 0 Å². The molecule has 118 valence electrons. The molecule has 0 saturated carbocycles. The van der Waals surface area contributed by atoms with Crippen LogP contribution >= 0.6 is 0 Å². The molecule has 3 nitrogen and oxygen atoms in total. The molecule has 0 bridgehead atoms. The molecule has 1 aromatic carbocycles. The number of allylic oxidation sites excluding steroid dienone is 2. The van der Waals surface area contributed by atoms with E-state index in [9.17, 15) is 9.90 Å². The van der Waals surface area contributed by atoms with Gasteiger partial charge in [0.15, 0.2) is 5.78 Å². The number of hydrogen-bond donors (Lipinski definition) is 1. The lowest BCUT2D eigenvalue weighted by atomic mass is 9.75. The second kappa shape index (κ2) is 6.91. The average Bonchev–Trinajstić information content (AvgIpc) is 2.44. The first-order valence-corrected chi connectivity index (χ1v) is 7.96. The van der Waals surface area contributed by atoms with E-state index in [2.05, 4.69) is 17.1 Å². The number of aliphatic hydroxyl groups is 1. The molecule has 0 radical (unpaired) electrons. The van der Waals surface area contributed by atoms with Crippen LogP contribution in [0.1, 0.15) is 45.6 Å². The number of aliphatic imine (C=N–C) groups is 1. The van der Waals surface area contributed by atoms with Gasteiger partial charge >= 0.3 is 0 Å². The first-order chi connectivity index (χ1) is 10.4. The zero-order chi connectivity index (χ0) is 16.2. The Morgan fingerprint density at radius 1 is 1.23 bits per heavy atom. The molecule has 1 N–H and O–H groups in total. The van der Waals surface area contributed by atoms with Crippen LogP contribution in [0.2, 0.25) is 0 Å². The molecule has 1 aliphatic rings. The molecule has 0 atom stereocenters. The lowest BCUT2D eigenvalue weighted by Gasteiger charge is -2.29. The van der Waals surface area contributed by atoms with Crippen molar-refractivity contribution in [3.8, 4) is 0 Å².